The highest BCUT2D eigenvalue weighted by Gasteiger charge is 2.00. The number of halogens is 1. The molecule has 3 nitrogen and oxygen atoms in total. The maximum absolute atomic E-state index is 11.5. The number of benzene rings is 2. The average Bonchev–Trinajstić information content (AvgIpc) is 2.55. The largest absolute Gasteiger partial charge is 0.445 e. The van der Waals surface area contributed by atoms with E-state index in [4.69, 9.17) is 16.3 Å². The summed E-state index contributed by atoms with van der Waals surface area (Å²) in [6, 6.07) is 16.9. The van der Waals surface area contributed by atoms with Crippen molar-refractivity contribution in [3.63, 3.8) is 0 Å². The van der Waals surface area contributed by atoms with Crippen LogP contribution in [-0.4, -0.2) is 12.6 Å². The fourth-order valence-electron chi connectivity index (χ4n) is 1.72. The molecule has 0 bridgehead atoms. The molecule has 22 heavy (non-hydrogen) atoms. The summed E-state index contributed by atoms with van der Waals surface area (Å²) in [5.41, 5.74) is 1.74. The van der Waals surface area contributed by atoms with Gasteiger partial charge in [-0.2, -0.15) is 0 Å². The number of amides is 1. The van der Waals surface area contributed by atoms with Crippen LogP contribution in [0, 0.1) is 11.8 Å². The van der Waals surface area contributed by atoms with Gasteiger partial charge in [0.1, 0.15) is 6.61 Å². The Labute approximate surface area is 135 Å². The predicted molar refractivity (Wildman–Crippen MR) is 87.6 cm³/mol. The maximum Gasteiger partial charge on any atom is 0.407 e. The highest BCUT2D eigenvalue weighted by Crippen LogP contribution is 2.12. The van der Waals surface area contributed by atoms with Crippen LogP contribution in [0.2, 0.25) is 5.02 Å². The first kappa shape index (κ1) is 15.9. The molecule has 4 heteroatoms. The van der Waals surface area contributed by atoms with Crippen LogP contribution < -0.4 is 5.32 Å². The minimum atomic E-state index is -0.441. The van der Waals surface area contributed by atoms with Crippen molar-refractivity contribution < 1.29 is 9.53 Å². The highest BCUT2D eigenvalue weighted by molar-refractivity contribution is 6.31. The normalized spacial score (nSPS) is 9.50. The molecule has 0 atom stereocenters. The van der Waals surface area contributed by atoms with Crippen LogP contribution in [0.3, 0.4) is 0 Å². The first-order valence-electron chi connectivity index (χ1n) is 6.93. The smallest absolute Gasteiger partial charge is 0.407 e. The van der Waals surface area contributed by atoms with Gasteiger partial charge in [-0.25, -0.2) is 4.79 Å². The lowest BCUT2D eigenvalue weighted by Gasteiger charge is -2.05. The molecule has 0 radical (unpaired) electrons. The molecule has 0 saturated carbocycles. The highest BCUT2D eigenvalue weighted by atomic mass is 35.5. The molecule has 0 saturated heterocycles. The number of alkyl carbamates (subject to hydrolysis) is 1. The second kappa shape index (κ2) is 8.76. The summed E-state index contributed by atoms with van der Waals surface area (Å²) in [6.45, 7) is 0.697. The predicted octanol–water partition coefficient (Wildman–Crippen LogP) is 4.01. The van der Waals surface area contributed by atoms with Crippen LogP contribution in [-0.2, 0) is 11.3 Å². The summed E-state index contributed by atoms with van der Waals surface area (Å²) in [5.74, 6) is 5.94. The van der Waals surface area contributed by atoms with E-state index in [-0.39, 0.29) is 6.61 Å². The van der Waals surface area contributed by atoms with Crippen molar-refractivity contribution in [1.29, 1.82) is 0 Å². The molecular weight excluding hydrogens is 298 g/mol. The van der Waals surface area contributed by atoms with E-state index in [1.54, 1.807) is 6.07 Å². The van der Waals surface area contributed by atoms with Crippen molar-refractivity contribution in [3.05, 3.63) is 70.7 Å². The fraction of sp³-hybridized carbons (Fsp3) is 0.167. The lowest BCUT2D eigenvalue weighted by atomic mass is 10.2. The lowest BCUT2D eigenvalue weighted by Crippen LogP contribution is -2.24. The Hall–Kier alpha value is -2.44. The van der Waals surface area contributed by atoms with Crippen molar-refractivity contribution in [2.75, 3.05) is 6.54 Å². The van der Waals surface area contributed by atoms with Crippen molar-refractivity contribution in [1.82, 2.24) is 5.32 Å². The average molecular weight is 314 g/mol. The standard InChI is InChI=1S/C18H16ClNO2/c19-17-12-5-4-10-16(17)11-6-7-13-20-18(21)22-14-15-8-2-1-3-9-15/h1-5,8-10,12H,7,13-14H2,(H,20,21). The third-order valence-electron chi connectivity index (χ3n) is 2.83. The van der Waals surface area contributed by atoms with Gasteiger partial charge in [0, 0.05) is 18.5 Å². The van der Waals surface area contributed by atoms with Crippen LogP contribution in [0.1, 0.15) is 17.5 Å². The van der Waals surface area contributed by atoms with Gasteiger partial charge in [0.15, 0.2) is 0 Å². The van der Waals surface area contributed by atoms with E-state index < -0.39 is 6.09 Å². The molecule has 2 aromatic rings. The second-order valence-electron chi connectivity index (χ2n) is 4.52. The SMILES string of the molecule is O=C(NCCC#Cc1ccccc1Cl)OCc1ccccc1. The Morgan fingerprint density at radius 3 is 2.59 bits per heavy atom. The molecule has 2 rings (SSSR count). The van der Waals surface area contributed by atoms with Gasteiger partial charge in [0.2, 0.25) is 0 Å². The molecule has 2 aromatic carbocycles. The molecule has 1 amide bonds. The molecule has 0 unspecified atom stereocenters. The Morgan fingerprint density at radius 2 is 1.82 bits per heavy atom. The lowest BCUT2D eigenvalue weighted by molar-refractivity contribution is 0.140. The number of carbonyl (C=O) groups is 1. The Kier molecular flexibility index (Phi) is 6.35. The fourth-order valence-corrected chi connectivity index (χ4v) is 1.90. The number of ether oxygens (including phenoxy) is 1. The van der Waals surface area contributed by atoms with Crippen LogP contribution in [0.25, 0.3) is 0 Å². The van der Waals surface area contributed by atoms with E-state index in [2.05, 4.69) is 17.2 Å². The van der Waals surface area contributed by atoms with Gasteiger partial charge in [0.05, 0.1) is 5.02 Å². The topological polar surface area (TPSA) is 38.3 Å². The minimum absolute atomic E-state index is 0.262. The van der Waals surface area contributed by atoms with Gasteiger partial charge in [-0.15, -0.1) is 0 Å². The Bertz CT molecular complexity index is 674. The molecule has 0 fully saturated rings. The first-order chi connectivity index (χ1) is 10.8. The van der Waals surface area contributed by atoms with Crippen LogP contribution in [0.5, 0.6) is 0 Å². The molecular formula is C18H16ClNO2. The van der Waals surface area contributed by atoms with Gasteiger partial charge in [-0.1, -0.05) is 65.9 Å². The zero-order chi connectivity index (χ0) is 15.6. The van der Waals surface area contributed by atoms with Gasteiger partial charge in [-0.05, 0) is 17.7 Å². The number of hydrogen-bond donors (Lipinski definition) is 1. The third-order valence-corrected chi connectivity index (χ3v) is 3.16. The maximum atomic E-state index is 11.5. The van der Waals surface area contributed by atoms with Gasteiger partial charge >= 0.3 is 6.09 Å². The molecule has 0 aliphatic heterocycles. The van der Waals surface area contributed by atoms with Crippen LogP contribution in [0.4, 0.5) is 4.79 Å². The summed E-state index contributed by atoms with van der Waals surface area (Å²) in [6.07, 6.45) is 0.0921. The third kappa shape index (κ3) is 5.51. The van der Waals surface area contributed by atoms with Gasteiger partial charge < -0.3 is 10.1 Å². The Morgan fingerprint density at radius 1 is 1.09 bits per heavy atom. The van der Waals surface area contributed by atoms with Gasteiger partial charge in [-0.3, -0.25) is 0 Å². The van der Waals surface area contributed by atoms with Crippen molar-refractivity contribution >= 4 is 17.7 Å². The molecule has 0 aliphatic rings. The van der Waals surface area contributed by atoms with Crippen molar-refractivity contribution in [2.24, 2.45) is 0 Å². The summed E-state index contributed by atoms with van der Waals surface area (Å²) >= 11 is 5.99. The van der Waals surface area contributed by atoms with Crippen molar-refractivity contribution in [2.45, 2.75) is 13.0 Å². The van der Waals surface area contributed by atoms with E-state index in [0.717, 1.165) is 11.1 Å². The summed E-state index contributed by atoms with van der Waals surface area (Å²) in [5, 5.41) is 3.29. The molecule has 1 N–H and O–H groups in total. The molecule has 0 aliphatic carbocycles. The summed E-state index contributed by atoms with van der Waals surface area (Å²) in [7, 11) is 0. The zero-order valence-electron chi connectivity index (χ0n) is 12.0. The molecule has 0 spiro atoms. The van der Waals surface area contributed by atoms with E-state index in [1.807, 2.05) is 48.5 Å². The number of rotatable bonds is 4. The number of carbonyl (C=O) groups excluding carboxylic acids is 1. The second-order valence-corrected chi connectivity index (χ2v) is 4.93. The summed E-state index contributed by atoms with van der Waals surface area (Å²) < 4.78 is 5.09. The van der Waals surface area contributed by atoms with E-state index >= 15 is 0 Å². The van der Waals surface area contributed by atoms with Crippen molar-refractivity contribution in [3.8, 4) is 11.8 Å². The molecule has 112 valence electrons. The zero-order valence-corrected chi connectivity index (χ0v) is 12.8. The minimum Gasteiger partial charge on any atom is -0.445 e. The van der Waals surface area contributed by atoms with Gasteiger partial charge in [0.25, 0.3) is 0 Å². The molecule has 0 heterocycles. The quantitative estimate of drug-likeness (QED) is 0.684. The molecule has 0 aromatic heterocycles. The summed E-state index contributed by atoms with van der Waals surface area (Å²) in [4.78, 5) is 11.5. The van der Waals surface area contributed by atoms with Crippen LogP contribution in [0.15, 0.2) is 54.6 Å². The van der Waals surface area contributed by atoms with E-state index in [9.17, 15) is 4.79 Å². The van der Waals surface area contributed by atoms with E-state index in [0.29, 0.717) is 18.0 Å². The van der Waals surface area contributed by atoms with E-state index in [1.165, 1.54) is 0 Å². The first-order valence-corrected chi connectivity index (χ1v) is 7.31. The van der Waals surface area contributed by atoms with Crippen LogP contribution >= 0.6 is 11.6 Å². The number of hydrogen-bond acceptors (Lipinski definition) is 2. The monoisotopic (exact) mass is 313 g/mol. The Balaban J connectivity index is 1.67. The number of nitrogens with one attached hydrogen (secondary N) is 1.